The summed E-state index contributed by atoms with van der Waals surface area (Å²) in [5.74, 6) is 2.99. The molecule has 0 spiro atoms. The molecular weight excluding hydrogens is 330 g/mol. The van der Waals surface area contributed by atoms with Crippen LogP contribution >= 0.6 is 0 Å². The van der Waals surface area contributed by atoms with Gasteiger partial charge in [-0.2, -0.15) is 0 Å². The van der Waals surface area contributed by atoms with Gasteiger partial charge in [0, 0.05) is 13.0 Å². The fraction of sp³-hybridized carbons (Fsp3) is 0.333. The molecule has 0 fully saturated rings. The standard InChI is InChI=1S/C12H14N5.ClHO4.H2O/c1-8-4-11-15-12-10(6-17(11)7-13-8)5-16(3)9(2)14-12;2-1(3,4)5;/h4-5,7H,6H2,1-3H3;(H,2,3,4,5);1H2/q+1;;. The summed E-state index contributed by atoms with van der Waals surface area (Å²) in [6.45, 7) is 4.80. The smallest absolute Gasteiger partial charge is 0.311 e. The topological polar surface area (TPSA) is 169 Å². The molecule has 0 bridgehead atoms. The summed E-state index contributed by atoms with van der Waals surface area (Å²) < 4.78 is 38.1. The van der Waals surface area contributed by atoms with E-state index in [1.54, 1.807) is 0 Å². The van der Waals surface area contributed by atoms with Crippen molar-refractivity contribution < 1.29 is 43.5 Å². The van der Waals surface area contributed by atoms with Gasteiger partial charge in [-0.05, 0) is 11.9 Å². The Morgan fingerprint density at radius 1 is 1.22 bits per heavy atom. The molecule has 2 aromatic heterocycles. The van der Waals surface area contributed by atoms with Crippen molar-refractivity contribution >= 4 is 11.6 Å². The van der Waals surface area contributed by atoms with Gasteiger partial charge in [0.05, 0.1) is 7.05 Å². The summed E-state index contributed by atoms with van der Waals surface area (Å²) in [5.41, 5.74) is 2.19. The zero-order valence-corrected chi connectivity index (χ0v) is 13.5. The molecule has 0 aromatic carbocycles. The normalized spacial score (nSPS) is 12.0. The third kappa shape index (κ3) is 5.32. The van der Waals surface area contributed by atoms with Crippen LogP contribution in [0.25, 0.3) is 0 Å². The zero-order chi connectivity index (χ0) is 16.5. The maximum atomic E-state index is 8.49. The minimum atomic E-state index is -4.94. The second kappa shape index (κ2) is 7.08. The molecule has 0 saturated heterocycles. The quantitative estimate of drug-likeness (QED) is 0.396. The van der Waals surface area contributed by atoms with Crippen molar-refractivity contribution in [3.05, 3.63) is 35.7 Å². The molecule has 23 heavy (non-hydrogen) atoms. The average Bonchev–Trinajstić information content (AvgIpc) is 2.36. The largest absolute Gasteiger partial charge is 0.412 e. The minimum absolute atomic E-state index is 0. The summed E-state index contributed by atoms with van der Waals surface area (Å²) in [7, 11) is -2.93. The van der Waals surface area contributed by atoms with Gasteiger partial charge in [-0.15, -0.1) is 15.2 Å². The van der Waals surface area contributed by atoms with E-state index in [9.17, 15) is 0 Å². The van der Waals surface area contributed by atoms with Crippen LogP contribution in [0.1, 0.15) is 17.1 Å². The molecule has 0 unspecified atom stereocenters. The lowest BCUT2D eigenvalue weighted by molar-refractivity contribution is -2.00. The van der Waals surface area contributed by atoms with E-state index in [-0.39, 0.29) is 5.48 Å². The van der Waals surface area contributed by atoms with E-state index >= 15 is 0 Å². The van der Waals surface area contributed by atoms with E-state index in [0.29, 0.717) is 0 Å². The average molecular weight is 347 g/mol. The zero-order valence-electron chi connectivity index (χ0n) is 12.7. The van der Waals surface area contributed by atoms with Crippen molar-refractivity contribution in [2.24, 2.45) is 7.05 Å². The van der Waals surface area contributed by atoms with Gasteiger partial charge in [-0.3, -0.25) is 0 Å². The van der Waals surface area contributed by atoms with Crippen LogP contribution in [0.3, 0.4) is 0 Å². The Labute approximate surface area is 134 Å². The number of fused-ring (bicyclic) bond motifs is 2. The highest BCUT2D eigenvalue weighted by Gasteiger charge is 2.26. The van der Waals surface area contributed by atoms with E-state index in [1.165, 1.54) is 5.56 Å². The Morgan fingerprint density at radius 2 is 1.83 bits per heavy atom. The second-order valence-corrected chi connectivity index (χ2v) is 5.58. The third-order valence-corrected chi connectivity index (χ3v) is 3.08. The van der Waals surface area contributed by atoms with Gasteiger partial charge in [-0.1, -0.05) is 0 Å². The lowest BCUT2D eigenvalue weighted by Crippen LogP contribution is -2.68. The number of aryl methyl sites for hydroxylation is 3. The Bertz CT molecular complexity index is 701. The third-order valence-electron chi connectivity index (χ3n) is 3.08. The highest BCUT2D eigenvalue weighted by Crippen LogP contribution is 2.20. The van der Waals surface area contributed by atoms with Gasteiger partial charge < -0.3 is 5.48 Å². The van der Waals surface area contributed by atoms with Crippen LogP contribution in [0.15, 0.2) is 18.6 Å². The molecule has 1 aliphatic heterocycles. The second-order valence-electron chi connectivity index (χ2n) is 4.82. The molecule has 0 saturated carbocycles. The van der Waals surface area contributed by atoms with Crippen LogP contribution in [-0.2, 0) is 13.6 Å². The minimum Gasteiger partial charge on any atom is -0.412 e. The molecule has 11 heteroatoms. The van der Waals surface area contributed by atoms with E-state index in [4.69, 9.17) is 18.6 Å². The number of nitrogens with zero attached hydrogens (tertiary/aromatic N) is 4. The number of hydrogen-bond donors (Lipinski definition) is 1. The van der Waals surface area contributed by atoms with Crippen LogP contribution in [0.5, 0.6) is 0 Å². The summed E-state index contributed by atoms with van der Waals surface area (Å²) in [6, 6.07) is 2.03. The maximum absolute atomic E-state index is 8.49. The van der Waals surface area contributed by atoms with Crippen molar-refractivity contribution in [2.75, 3.05) is 5.32 Å². The molecule has 126 valence electrons. The summed E-state index contributed by atoms with van der Waals surface area (Å²) >= 11 is 0. The first-order valence-electron chi connectivity index (χ1n) is 6.24. The highest BCUT2D eigenvalue weighted by atomic mass is 35.7. The van der Waals surface area contributed by atoms with E-state index in [1.807, 2.05) is 37.9 Å². The molecule has 3 heterocycles. The van der Waals surface area contributed by atoms with E-state index < -0.39 is 10.2 Å². The van der Waals surface area contributed by atoms with Crippen molar-refractivity contribution in [2.45, 2.75) is 20.4 Å². The lowest BCUT2D eigenvalue weighted by atomic mass is 10.2. The number of hydrogen-bond acceptors (Lipinski definition) is 7. The van der Waals surface area contributed by atoms with Crippen LogP contribution in [-0.4, -0.2) is 15.4 Å². The number of rotatable bonds is 0. The molecule has 0 aliphatic carbocycles. The fourth-order valence-corrected chi connectivity index (χ4v) is 2.00. The molecule has 0 atom stereocenters. The fourth-order valence-electron chi connectivity index (χ4n) is 2.00. The lowest BCUT2D eigenvalue weighted by Gasteiger charge is -2.17. The highest BCUT2D eigenvalue weighted by molar-refractivity contribution is 5.54. The summed E-state index contributed by atoms with van der Waals surface area (Å²) in [5, 5.41) is 3.35. The monoisotopic (exact) mass is 346 g/mol. The van der Waals surface area contributed by atoms with Crippen molar-refractivity contribution in [3.63, 3.8) is 0 Å². The molecule has 2 aromatic rings. The Hall–Kier alpha value is -1.95. The number of halogens is 1. The predicted octanol–water partition coefficient (Wildman–Crippen LogP) is -5.27. The maximum Gasteiger partial charge on any atom is 0.311 e. The molecule has 1 aliphatic rings. The summed E-state index contributed by atoms with van der Waals surface area (Å²) in [4.78, 5) is 8.86. The molecule has 3 N–H and O–H groups in total. The van der Waals surface area contributed by atoms with Crippen LogP contribution in [0.4, 0.5) is 11.6 Å². The van der Waals surface area contributed by atoms with Crippen LogP contribution in [0, 0.1) is 24.1 Å². The Kier molecular flexibility index (Phi) is 5.88. The van der Waals surface area contributed by atoms with E-state index in [2.05, 4.69) is 26.0 Å². The van der Waals surface area contributed by atoms with Crippen molar-refractivity contribution in [3.8, 4) is 0 Å². The van der Waals surface area contributed by atoms with Gasteiger partial charge in [0.1, 0.15) is 24.0 Å². The Balaban J connectivity index is 0.000000390. The number of aromatic nitrogens is 4. The molecule has 10 nitrogen and oxygen atoms in total. The summed E-state index contributed by atoms with van der Waals surface area (Å²) in [6.07, 6.45) is 3.97. The first-order chi connectivity index (χ1) is 10.1. The first kappa shape index (κ1) is 19.1. The van der Waals surface area contributed by atoms with Gasteiger partial charge in [-0.25, -0.2) is 33.1 Å². The van der Waals surface area contributed by atoms with Crippen LogP contribution < -0.4 is 33.1 Å². The molecule has 0 amide bonds. The number of nitrogens with one attached hydrogen (secondary N) is 1. The van der Waals surface area contributed by atoms with Gasteiger partial charge in [0.2, 0.25) is 12.1 Å². The first-order valence-corrected chi connectivity index (χ1v) is 7.48. The SMILES string of the molecule is Cc1cc2[n+](cn1)Cc1c[n+](C)c(C)nc1N2.O.[O-][Cl+3]([O-])([O-])[O-]. The molecule has 3 rings (SSSR count). The molecular formula is C12H17ClN5O5+. The molecule has 0 radical (unpaired) electrons. The number of anilines is 2. The van der Waals surface area contributed by atoms with Crippen molar-refractivity contribution in [1.29, 1.82) is 0 Å². The van der Waals surface area contributed by atoms with Crippen molar-refractivity contribution in [1.82, 2.24) is 9.97 Å². The van der Waals surface area contributed by atoms with Gasteiger partial charge in [0.25, 0.3) is 5.82 Å². The Morgan fingerprint density at radius 3 is 2.43 bits per heavy atom. The van der Waals surface area contributed by atoms with Gasteiger partial charge in [0.15, 0.2) is 0 Å². The predicted molar refractivity (Wildman–Crippen MR) is 65.3 cm³/mol. The van der Waals surface area contributed by atoms with E-state index in [0.717, 1.165) is 29.7 Å². The van der Waals surface area contributed by atoms with Crippen LogP contribution in [0.2, 0.25) is 0 Å². The van der Waals surface area contributed by atoms with Gasteiger partial charge >= 0.3 is 5.82 Å².